The van der Waals surface area contributed by atoms with Gasteiger partial charge in [-0.2, -0.15) is 0 Å². The minimum Gasteiger partial charge on any atom is -0.326 e. The molecule has 8 heteroatoms. The second-order valence-electron chi connectivity index (χ2n) is 8.75. The van der Waals surface area contributed by atoms with Crippen LogP contribution in [0.3, 0.4) is 0 Å². The van der Waals surface area contributed by atoms with Gasteiger partial charge in [0, 0.05) is 51.4 Å². The first-order chi connectivity index (χ1) is 14.4. The maximum absolute atomic E-state index is 12.7. The van der Waals surface area contributed by atoms with Crippen molar-refractivity contribution in [2.75, 3.05) is 45.1 Å². The molecule has 2 saturated heterocycles. The van der Waals surface area contributed by atoms with Gasteiger partial charge in [-0.25, -0.2) is 4.79 Å². The van der Waals surface area contributed by atoms with Crippen molar-refractivity contribution in [3.8, 4) is 0 Å². The molecule has 162 valence electrons. The predicted molar refractivity (Wildman–Crippen MR) is 114 cm³/mol. The highest BCUT2D eigenvalue weighted by Gasteiger charge is 2.52. The average molecular weight is 414 g/mol. The molecule has 3 aliphatic rings. The van der Waals surface area contributed by atoms with E-state index in [0.717, 1.165) is 56.8 Å². The molecule has 1 aromatic carbocycles. The molecule has 4 amide bonds. The van der Waals surface area contributed by atoms with Crippen molar-refractivity contribution in [3.05, 3.63) is 29.8 Å². The van der Waals surface area contributed by atoms with Gasteiger partial charge in [-0.1, -0.05) is 25.0 Å². The highest BCUT2D eigenvalue weighted by Crippen LogP contribution is 2.35. The quantitative estimate of drug-likeness (QED) is 0.693. The molecular formula is C22H31N5O3. The molecule has 2 heterocycles. The topological polar surface area (TPSA) is 85.0 Å². The Morgan fingerprint density at radius 1 is 1.13 bits per heavy atom. The van der Waals surface area contributed by atoms with E-state index < -0.39 is 5.54 Å². The van der Waals surface area contributed by atoms with Gasteiger partial charge in [0.25, 0.3) is 5.91 Å². The van der Waals surface area contributed by atoms with Crippen molar-refractivity contribution in [1.29, 1.82) is 0 Å². The first-order valence-electron chi connectivity index (χ1n) is 10.9. The van der Waals surface area contributed by atoms with Gasteiger partial charge < -0.3 is 15.5 Å². The molecule has 3 fully saturated rings. The van der Waals surface area contributed by atoms with Crippen molar-refractivity contribution in [2.24, 2.45) is 0 Å². The fraction of sp³-hybridized carbons (Fsp3) is 0.591. The number of urea groups is 1. The zero-order valence-corrected chi connectivity index (χ0v) is 17.7. The van der Waals surface area contributed by atoms with Gasteiger partial charge in [0.1, 0.15) is 5.54 Å². The zero-order valence-electron chi connectivity index (χ0n) is 17.7. The third kappa shape index (κ3) is 4.49. The van der Waals surface area contributed by atoms with Crippen LogP contribution in [0.5, 0.6) is 0 Å². The van der Waals surface area contributed by atoms with Gasteiger partial charge in [-0.05, 0) is 37.6 Å². The number of amides is 4. The monoisotopic (exact) mass is 413 g/mol. The number of likely N-dealkylation sites (N-methyl/N-ethyl adjacent to an activating group) is 1. The van der Waals surface area contributed by atoms with E-state index in [0.29, 0.717) is 12.8 Å². The first-order valence-corrected chi connectivity index (χ1v) is 10.9. The number of benzene rings is 1. The van der Waals surface area contributed by atoms with Crippen LogP contribution in [0.2, 0.25) is 0 Å². The third-order valence-electron chi connectivity index (χ3n) is 6.48. The number of piperazine rings is 1. The number of rotatable bonds is 6. The number of carbonyl (C=O) groups excluding carboxylic acids is 3. The Balaban J connectivity index is 1.28. The molecule has 0 aromatic heterocycles. The van der Waals surface area contributed by atoms with Gasteiger partial charge in [0.15, 0.2) is 0 Å². The van der Waals surface area contributed by atoms with Crippen LogP contribution >= 0.6 is 0 Å². The van der Waals surface area contributed by atoms with Gasteiger partial charge >= 0.3 is 6.03 Å². The second kappa shape index (κ2) is 8.73. The average Bonchev–Trinajstić information content (AvgIpc) is 3.28. The summed E-state index contributed by atoms with van der Waals surface area (Å²) < 4.78 is 0. The number of hydrogen-bond acceptors (Lipinski definition) is 5. The molecule has 1 saturated carbocycles. The van der Waals surface area contributed by atoms with Crippen LogP contribution in [0, 0.1) is 0 Å². The summed E-state index contributed by atoms with van der Waals surface area (Å²) in [6.07, 6.45) is 3.38. The number of nitrogens with one attached hydrogen (secondary N) is 2. The normalized spacial score (nSPS) is 22.0. The van der Waals surface area contributed by atoms with E-state index >= 15 is 0 Å². The minimum atomic E-state index is -0.717. The highest BCUT2D eigenvalue weighted by atomic mass is 16.2. The van der Waals surface area contributed by atoms with E-state index in [4.69, 9.17) is 0 Å². The summed E-state index contributed by atoms with van der Waals surface area (Å²) in [6, 6.07) is 7.51. The third-order valence-corrected chi connectivity index (χ3v) is 6.48. The van der Waals surface area contributed by atoms with Gasteiger partial charge in [0.2, 0.25) is 5.91 Å². The Labute approximate surface area is 177 Å². The largest absolute Gasteiger partial charge is 0.326 e. The molecule has 0 atom stereocenters. The van der Waals surface area contributed by atoms with Crippen LogP contribution in [0.25, 0.3) is 0 Å². The van der Waals surface area contributed by atoms with Crippen molar-refractivity contribution >= 4 is 23.5 Å². The molecule has 0 unspecified atom stereocenters. The Morgan fingerprint density at radius 2 is 1.87 bits per heavy atom. The van der Waals surface area contributed by atoms with Crippen LogP contribution in [0.4, 0.5) is 10.5 Å². The summed E-state index contributed by atoms with van der Waals surface area (Å²) >= 11 is 0. The molecule has 0 radical (unpaired) electrons. The van der Waals surface area contributed by atoms with Crippen molar-refractivity contribution in [3.63, 3.8) is 0 Å². The number of carbonyl (C=O) groups is 3. The summed E-state index contributed by atoms with van der Waals surface area (Å²) in [5.74, 6) is -0.369. The SMILES string of the molecule is CN1CCN(Cc2cccc(NC(=O)CCN3C(=O)NC4(CCCC4)C3=O)c2)CC1. The fourth-order valence-electron chi connectivity index (χ4n) is 4.65. The lowest BCUT2D eigenvalue weighted by atomic mass is 9.98. The standard InChI is InChI=1S/C22H31N5O3/c1-25-11-13-26(14-12-25)16-17-5-4-6-18(15-17)23-19(28)7-10-27-20(29)22(24-21(27)30)8-2-3-9-22/h4-6,15H,2-3,7-14,16H2,1H3,(H,23,28)(H,24,30). The van der Waals surface area contributed by atoms with Crippen molar-refractivity contribution < 1.29 is 14.4 Å². The molecule has 2 N–H and O–H groups in total. The van der Waals surface area contributed by atoms with Gasteiger partial charge in [-0.15, -0.1) is 0 Å². The van der Waals surface area contributed by atoms with E-state index in [2.05, 4.69) is 33.5 Å². The first kappa shape index (κ1) is 20.8. The summed E-state index contributed by atoms with van der Waals surface area (Å²) in [5.41, 5.74) is 1.19. The maximum Gasteiger partial charge on any atom is 0.325 e. The number of anilines is 1. The maximum atomic E-state index is 12.7. The van der Waals surface area contributed by atoms with E-state index in [1.54, 1.807) is 0 Å². The number of hydrogen-bond donors (Lipinski definition) is 2. The molecule has 30 heavy (non-hydrogen) atoms. The Morgan fingerprint density at radius 3 is 2.60 bits per heavy atom. The summed E-state index contributed by atoms with van der Waals surface area (Å²) in [5, 5.41) is 5.76. The lowest BCUT2D eigenvalue weighted by Gasteiger charge is -2.32. The Kier molecular flexibility index (Phi) is 6.06. The molecule has 1 aliphatic carbocycles. The molecule has 0 bridgehead atoms. The molecule has 1 aromatic rings. The van der Waals surface area contributed by atoms with Gasteiger partial charge in [0.05, 0.1) is 0 Å². The lowest BCUT2D eigenvalue weighted by molar-refractivity contribution is -0.131. The van der Waals surface area contributed by atoms with Crippen LogP contribution in [0.1, 0.15) is 37.7 Å². The van der Waals surface area contributed by atoms with Crippen LogP contribution in [-0.4, -0.2) is 77.9 Å². The van der Waals surface area contributed by atoms with Crippen molar-refractivity contribution in [1.82, 2.24) is 20.0 Å². The Hall–Kier alpha value is -2.45. The minimum absolute atomic E-state index is 0.0952. The summed E-state index contributed by atoms with van der Waals surface area (Å²) in [4.78, 5) is 43.3. The molecule has 2 aliphatic heterocycles. The molecule has 4 rings (SSSR count). The zero-order chi connectivity index (χ0) is 21.1. The fourth-order valence-corrected chi connectivity index (χ4v) is 4.65. The molecule has 1 spiro atoms. The van der Waals surface area contributed by atoms with Crippen molar-refractivity contribution in [2.45, 2.75) is 44.2 Å². The predicted octanol–water partition coefficient (Wildman–Crippen LogP) is 1.63. The lowest BCUT2D eigenvalue weighted by Crippen LogP contribution is -2.44. The molecule has 8 nitrogen and oxygen atoms in total. The van der Waals surface area contributed by atoms with E-state index in [9.17, 15) is 14.4 Å². The van der Waals surface area contributed by atoms with E-state index in [1.165, 1.54) is 4.90 Å². The molecular weight excluding hydrogens is 382 g/mol. The van der Waals surface area contributed by atoms with Gasteiger partial charge in [-0.3, -0.25) is 19.4 Å². The van der Waals surface area contributed by atoms with Crippen LogP contribution in [-0.2, 0) is 16.1 Å². The van der Waals surface area contributed by atoms with E-state index in [-0.39, 0.29) is 30.8 Å². The van der Waals surface area contributed by atoms with E-state index in [1.807, 2.05) is 18.2 Å². The highest BCUT2D eigenvalue weighted by molar-refractivity contribution is 6.07. The van der Waals surface area contributed by atoms with Crippen LogP contribution in [0.15, 0.2) is 24.3 Å². The van der Waals surface area contributed by atoms with Crippen LogP contribution < -0.4 is 10.6 Å². The summed E-state index contributed by atoms with van der Waals surface area (Å²) in [6.45, 7) is 5.20. The summed E-state index contributed by atoms with van der Waals surface area (Å²) in [7, 11) is 2.14. The number of imide groups is 1. The number of nitrogens with zero attached hydrogens (tertiary/aromatic N) is 3. The Bertz CT molecular complexity index is 813. The second-order valence-corrected chi connectivity index (χ2v) is 8.75. The smallest absolute Gasteiger partial charge is 0.325 e.